The molecule has 0 aliphatic carbocycles. The maximum Gasteiger partial charge on any atom is 0.343 e. The highest BCUT2D eigenvalue weighted by atomic mass is 16.6. The molecule has 0 aromatic heterocycles. The van der Waals surface area contributed by atoms with Crippen LogP contribution in [0.25, 0.3) is 0 Å². The minimum atomic E-state index is -0.645. The summed E-state index contributed by atoms with van der Waals surface area (Å²) < 4.78 is 5.09. The molecule has 3 rings (SSSR count). The normalized spacial score (nSPS) is 20.7. The lowest BCUT2D eigenvalue weighted by Gasteiger charge is -2.30. The highest BCUT2D eigenvalue weighted by Gasteiger charge is 2.39. The van der Waals surface area contributed by atoms with E-state index in [4.69, 9.17) is 10.5 Å². The molecule has 0 spiro atoms. The minimum absolute atomic E-state index is 0.000693. The van der Waals surface area contributed by atoms with E-state index in [9.17, 15) is 19.7 Å². The van der Waals surface area contributed by atoms with Gasteiger partial charge in [0.15, 0.2) is 0 Å². The molecule has 8 nitrogen and oxygen atoms in total. The number of nitrogens with one attached hydrogen (secondary N) is 1. The van der Waals surface area contributed by atoms with Gasteiger partial charge in [0.25, 0.3) is 5.69 Å². The second-order valence-electron chi connectivity index (χ2n) is 4.50. The topological polar surface area (TPSA) is 125 Å². The SMILES string of the molecule is NC1=C2C(=O)Oc3ccc([N+](=O)[O-])cc3C2CC(=O)N1. The maximum atomic E-state index is 11.9. The number of fused-ring (bicyclic) bond motifs is 3. The van der Waals surface area contributed by atoms with E-state index in [0.717, 1.165) is 0 Å². The molecule has 8 heteroatoms. The number of carbonyl (C=O) groups is 2. The van der Waals surface area contributed by atoms with Gasteiger partial charge in [0.2, 0.25) is 5.91 Å². The molecular formula is C12H9N3O5. The maximum absolute atomic E-state index is 11.9. The molecule has 20 heavy (non-hydrogen) atoms. The average Bonchev–Trinajstić information content (AvgIpc) is 2.37. The van der Waals surface area contributed by atoms with Gasteiger partial charge < -0.3 is 15.8 Å². The molecule has 2 aliphatic heterocycles. The summed E-state index contributed by atoms with van der Waals surface area (Å²) in [6.45, 7) is 0. The molecule has 1 aromatic rings. The Labute approximate surface area is 112 Å². The monoisotopic (exact) mass is 275 g/mol. The molecule has 102 valence electrons. The number of rotatable bonds is 1. The lowest BCUT2D eigenvalue weighted by molar-refractivity contribution is -0.385. The Hall–Kier alpha value is -2.90. The van der Waals surface area contributed by atoms with Gasteiger partial charge >= 0.3 is 5.97 Å². The van der Waals surface area contributed by atoms with Crippen LogP contribution in [0.5, 0.6) is 5.75 Å². The van der Waals surface area contributed by atoms with Gasteiger partial charge in [-0.05, 0) is 6.07 Å². The lowest BCUT2D eigenvalue weighted by atomic mass is 9.83. The molecule has 1 atom stereocenters. The first-order valence-electron chi connectivity index (χ1n) is 5.77. The Morgan fingerprint density at radius 3 is 2.85 bits per heavy atom. The van der Waals surface area contributed by atoms with Crippen LogP contribution < -0.4 is 15.8 Å². The van der Waals surface area contributed by atoms with Crippen LogP contribution in [0.2, 0.25) is 0 Å². The van der Waals surface area contributed by atoms with Crippen molar-refractivity contribution in [3.63, 3.8) is 0 Å². The Morgan fingerprint density at radius 1 is 1.40 bits per heavy atom. The zero-order valence-corrected chi connectivity index (χ0v) is 10.1. The second-order valence-corrected chi connectivity index (χ2v) is 4.50. The summed E-state index contributed by atoms with van der Waals surface area (Å²) in [5.74, 6) is -1.44. The molecule has 1 aromatic carbocycles. The number of carbonyl (C=O) groups excluding carboxylic acids is 2. The predicted molar refractivity (Wildman–Crippen MR) is 65.4 cm³/mol. The van der Waals surface area contributed by atoms with Crippen molar-refractivity contribution < 1.29 is 19.2 Å². The van der Waals surface area contributed by atoms with E-state index in [0.29, 0.717) is 5.56 Å². The molecule has 2 aliphatic rings. The number of nitrogens with zero attached hydrogens (tertiary/aromatic N) is 1. The molecule has 0 radical (unpaired) electrons. The van der Waals surface area contributed by atoms with Crippen LogP contribution in [0.15, 0.2) is 29.6 Å². The van der Waals surface area contributed by atoms with E-state index in [1.807, 2.05) is 0 Å². The van der Waals surface area contributed by atoms with Crippen molar-refractivity contribution in [2.24, 2.45) is 5.73 Å². The summed E-state index contributed by atoms with van der Waals surface area (Å²) in [5.41, 5.74) is 6.06. The Kier molecular flexibility index (Phi) is 2.46. The Morgan fingerprint density at radius 2 is 2.15 bits per heavy atom. The number of non-ortho nitro benzene ring substituents is 1. The van der Waals surface area contributed by atoms with E-state index < -0.39 is 16.8 Å². The molecule has 1 unspecified atom stereocenters. The van der Waals surface area contributed by atoms with Gasteiger partial charge in [-0.2, -0.15) is 0 Å². The number of benzene rings is 1. The first-order valence-corrected chi connectivity index (χ1v) is 5.77. The number of hydrogen-bond acceptors (Lipinski definition) is 6. The largest absolute Gasteiger partial charge is 0.423 e. The number of hydrogen-bond donors (Lipinski definition) is 2. The van der Waals surface area contributed by atoms with Gasteiger partial charge in [-0.3, -0.25) is 14.9 Å². The fraction of sp³-hybridized carbons (Fsp3) is 0.167. The third kappa shape index (κ3) is 1.69. The van der Waals surface area contributed by atoms with Crippen molar-refractivity contribution in [1.29, 1.82) is 0 Å². The van der Waals surface area contributed by atoms with Crippen LogP contribution in [-0.2, 0) is 9.59 Å². The summed E-state index contributed by atoms with van der Waals surface area (Å²) in [7, 11) is 0. The molecular weight excluding hydrogens is 266 g/mol. The summed E-state index contributed by atoms with van der Waals surface area (Å²) in [6, 6.07) is 3.90. The molecule has 0 saturated heterocycles. The van der Waals surface area contributed by atoms with Gasteiger partial charge in [-0.25, -0.2) is 4.79 Å². The lowest BCUT2D eigenvalue weighted by Crippen LogP contribution is -2.41. The molecule has 0 saturated carbocycles. The van der Waals surface area contributed by atoms with Gasteiger partial charge in [-0.1, -0.05) is 0 Å². The molecule has 2 heterocycles. The first kappa shape index (κ1) is 12.2. The van der Waals surface area contributed by atoms with E-state index in [2.05, 4.69) is 5.32 Å². The van der Waals surface area contributed by atoms with Crippen molar-refractivity contribution in [1.82, 2.24) is 5.32 Å². The van der Waals surface area contributed by atoms with Crippen molar-refractivity contribution in [2.75, 3.05) is 0 Å². The fourth-order valence-electron chi connectivity index (χ4n) is 2.43. The molecule has 1 amide bonds. The zero-order chi connectivity index (χ0) is 14.4. The summed E-state index contributed by atoms with van der Waals surface area (Å²) >= 11 is 0. The van der Waals surface area contributed by atoms with Gasteiger partial charge in [-0.15, -0.1) is 0 Å². The van der Waals surface area contributed by atoms with Crippen LogP contribution in [-0.4, -0.2) is 16.8 Å². The smallest absolute Gasteiger partial charge is 0.343 e. The molecule has 0 bridgehead atoms. The quantitative estimate of drug-likeness (QED) is 0.328. The third-order valence-corrected chi connectivity index (χ3v) is 3.30. The van der Waals surface area contributed by atoms with Crippen LogP contribution in [0.3, 0.4) is 0 Å². The van der Waals surface area contributed by atoms with Crippen molar-refractivity contribution in [2.45, 2.75) is 12.3 Å². The molecule has 3 N–H and O–H groups in total. The Bertz CT molecular complexity index is 694. The van der Waals surface area contributed by atoms with E-state index in [1.165, 1.54) is 18.2 Å². The minimum Gasteiger partial charge on any atom is -0.423 e. The van der Waals surface area contributed by atoms with Crippen molar-refractivity contribution in [3.05, 3.63) is 45.3 Å². The van der Waals surface area contributed by atoms with Gasteiger partial charge in [0.1, 0.15) is 11.6 Å². The zero-order valence-electron chi connectivity index (χ0n) is 10.1. The first-order chi connectivity index (χ1) is 9.47. The summed E-state index contributed by atoms with van der Waals surface area (Å²) in [4.78, 5) is 33.7. The summed E-state index contributed by atoms with van der Waals surface area (Å²) in [5, 5.41) is 13.2. The highest BCUT2D eigenvalue weighted by molar-refractivity contribution is 5.98. The standard InChI is InChI=1S/C12H9N3O5/c13-11-10-7(4-9(16)14-11)6-3-5(15(18)19)1-2-8(6)20-12(10)17/h1-3,7H,4,13H2,(H,14,16). The number of nitrogens with two attached hydrogens (primary N) is 1. The highest BCUT2D eigenvalue weighted by Crippen LogP contribution is 2.42. The number of ether oxygens (including phenoxy) is 1. The second kappa shape index (κ2) is 4.05. The van der Waals surface area contributed by atoms with E-state index in [1.54, 1.807) is 0 Å². The van der Waals surface area contributed by atoms with E-state index >= 15 is 0 Å². The summed E-state index contributed by atoms with van der Waals surface area (Å²) in [6.07, 6.45) is -0.000693. The molecule has 0 fully saturated rings. The van der Waals surface area contributed by atoms with E-state index in [-0.39, 0.29) is 35.2 Å². The van der Waals surface area contributed by atoms with Crippen molar-refractivity contribution in [3.8, 4) is 5.75 Å². The van der Waals surface area contributed by atoms with Gasteiger partial charge in [0.05, 0.1) is 10.5 Å². The Balaban J connectivity index is 2.19. The fourth-order valence-corrected chi connectivity index (χ4v) is 2.43. The predicted octanol–water partition coefficient (Wildman–Crippen LogP) is 0.288. The number of esters is 1. The number of nitro benzene ring substituents is 1. The van der Waals surface area contributed by atoms with Gasteiger partial charge in [0, 0.05) is 30.0 Å². The van der Waals surface area contributed by atoms with Crippen LogP contribution in [0.4, 0.5) is 5.69 Å². The number of amides is 1. The van der Waals surface area contributed by atoms with Crippen LogP contribution >= 0.6 is 0 Å². The third-order valence-electron chi connectivity index (χ3n) is 3.30. The van der Waals surface area contributed by atoms with Crippen LogP contribution in [0.1, 0.15) is 17.9 Å². The van der Waals surface area contributed by atoms with Crippen LogP contribution in [0, 0.1) is 10.1 Å². The number of nitro groups is 1. The van der Waals surface area contributed by atoms with Crippen molar-refractivity contribution >= 4 is 17.6 Å². The average molecular weight is 275 g/mol.